The van der Waals surface area contributed by atoms with Crippen LogP contribution >= 0.6 is 0 Å². The molecule has 1 aromatic carbocycles. The lowest BCUT2D eigenvalue weighted by Crippen LogP contribution is -2.21. The third-order valence-corrected chi connectivity index (χ3v) is 4.09. The van der Waals surface area contributed by atoms with Crippen LogP contribution in [0.5, 0.6) is 0 Å². The Morgan fingerprint density at radius 3 is 2.79 bits per heavy atom. The van der Waals surface area contributed by atoms with E-state index in [9.17, 15) is 0 Å². The van der Waals surface area contributed by atoms with E-state index >= 15 is 0 Å². The van der Waals surface area contributed by atoms with Crippen molar-refractivity contribution >= 4 is 0 Å². The van der Waals surface area contributed by atoms with Crippen LogP contribution in [0.2, 0.25) is 0 Å². The van der Waals surface area contributed by atoms with Crippen LogP contribution < -0.4 is 5.32 Å². The smallest absolute Gasteiger partial charge is 0.0645 e. The normalized spacial score (nSPS) is 23.3. The Bertz CT molecular complexity index is 532. The van der Waals surface area contributed by atoms with Gasteiger partial charge in [-0.2, -0.15) is 5.10 Å². The summed E-state index contributed by atoms with van der Waals surface area (Å²) in [7, 11) is 0. The van der Waals surface area contributed by atoms with Gasteiger partial charge in [0.1, 0.15) is 0 Å². The first-order valence-corrected chi connectivity index (χ1v) is 7.07. The highest BCUT2D eigenvalue weighted by Gasteiger charge is 2.32. The van der Waals surface area contributed by atoms with Crippen LogP contribution in [0, 0.1) is 11.8 Å². The lowest BCUT2D eigenvalue weighted by Gasteiger charge is -2.11. The minimum absolute atomic E-state index is 0.366. The molecule has 3 heteroatoms. The van der Waals surface area contributed by atoms with Gasteiger partial charge in [-0.05, 0) is 43.9 Å². The minimum Gasteiger partial charge on any atom is -0.310 e. The average molecular weight is 255 g/mol. The molecule has 19 heavy (non-hydrogen) atoms. The molecule has 1 N–H and O–H groups in total. The highest BCUT2D eigenvalue weighted by molar-refractivity contribution is 5.31. The van der Waals surface area contributed by atoms with E-state index in [-0.39, 0.29) is 0 Å². The molecule has 0 saturated heterocycles. The highest BCUT2D eigenvalue weighted by Crippen LogP contribution is 2.37. The molecular weight excluding hydrogens is 234 g/mol. The van der Waals surface area contributed by atoms with Gasteiger partial charge in [0.15, 0.2) is 0 Å². The van der Waals surface area contributed by atoms with Crippen LogP contribution in [-0.4, -0.2) is 16.3 Å². The molecule has 0 radical (unpaired) electrons. The van der Waals surface area contributed by atoms with E-state index in [1.165, 1.54) is 12.0 Å². The number of nitrogens with one attached hydrogen (secondary N) is 1. The summed E-state index contributed by atoms with van der Waals surface area (Å²) in [5, 5.41) is 8.04. The molecular formula is C16H21N3. The minimum atomic E-state index is 0.366. The summed E-state index contributed by atoms with van der Waals surface area (Å²) in [6.45, 7) is 5.66. The maximum atomic E-state index is 4.44. The summed E-state index contributed by atoms with van der Waals surface area (Å²) in [4.78, 5) is 0. The third-order valence-electron chi connectivity index (χ3n) is 4.09. The fourth-order valence-corrected chi connectivity index (χ4v) is 2.41. The van der Waals surface area contributed by atoms with E-state index in [2.05, 4.69) is 42.6 Å². The van der Waals surface area contributed by atoms with Crippen molar-refractivity contribution in [1.82, 2.24) is 15.1 Å². The van der Waals surface area contributed by atoms with Crippen LogP contribution in [-0.2, 0) is 0 Å². The SMILES string of the molecule is CC(NCC1CC1C)c1cnn(-c2ccccc2)c1. The molecule has 1 fully saturated rings. The summed E-state index contributed by atoms with van der Waals surface area (Å²) in [5.41, 5.74) is 2.36. The Kier molecular flexibility index (Phi) is 3.38. The molecule has 3 nitrogen and oxygen atoms in total. The first-order chi connectivity index (χ1) is 9.24. The van der Waals surface area contributed by atoms with Gasteiger partial charge >= 0.3 is 0 Å². The van der Waals surface area contributed by atoms with Gasteiger partial charge in [0.25, 0.3) is 0 Å². The number of para-hydroxylation sites is 1. The van der Waals surface area contributed by atoms with E-state index in [1.807, 2.05) is 29.1 Å². The maximum absolute atomic E-state index is 4.44. The quantitative estimate of drug-likeness (QED) is 0.889. The monoisotopic (exact) mass is 255 g/mol. The first kappa shape index (κ1) is 12.4. The standard InChI is InChI=1S/C16H21N3/c1-12-8-14(12)9-17-13(2)15-10-18-19(11-15)16-6-4-3-5-7-16/h3-7,10-14,17H,8-9H2,1-2H3. The van der Waals surface area contributed by atoms with E-state index < -0.39 is 0 Å². The van der Waals surface area contributed by atoms with Crippen LogP contribution in [0.25, 0.3) is 5.69 Å². The zero-order valence-electron chi connectivity index (χ0n) is 11.6. The van der Waals surface area contributed by atoms with Crippen molar-refractivity contribution in [3.63, 3.8) is 0 Å². The molecule has 3 atom stereocenters. The van der Waals surface area contributed by atoms with Gasteiger partial charge in [0.05, 0.1) is 11.9 Å². The number of aromatic nitrogens is 2. The highest BCUT2D eigenvalue weighted by atomic mass is 15.3. The molecule has 1 aliphatic rings. The number of nitrogens with zero attached hydrogens (tertiary/aromatic N) is 2. The molecule has 0 spiro atoms. The van der Waals surface area contributed by atoms with Crippen molar-refractivity contribution < 1.29 is 0 Å². The van der Waals surface area contributed by atoms with Crippen LogP contribution in [0.4, 0.5) is 0 Å². The van der Waals surface area contributed by atoms with Gasteiger partial charge in [-0.3, -0.25) is 0 Å². The topological polar surface area (TPSA) is 29.9 Å². The molecule has 1 aliphatic carbocycles. The van der Waals surface area contributed by atoms with E-state index in [0.29, 0.717) is 6.04 Å². The maximum Gasteiger partial charge on any atom is 0.0645 e. The van der Waals surface area contributed by atoms with Gasteiger partial charge in [-0.1, -0.05) is 25.1 Å². The van der Waals surface area contributed by atoms with E-state index in [1.54, 1.807) is 0 Å². The molecule has 100 valence electrons. The van der Waals surface area contributed by atoms with Crippen LogP contribution in [0.1, 0.15) is 31.9 Å². The van der Waals surface area contributed by atoms with Gasteiger partial charge < -0.3 is 5.32 Å². The number of benzene rings is 1. The predicted octanol–water partition coefficient (Wildman–Crippen LogP) is 3.18. The fourth-order valence-electron chi connectivity index (χ4n) is 2.41. The molecule has 0 bridgehead atoms. The lowest BCUT2D eigenvalue weighted by atomic mass is 10.2. The van der Waals surface area contributed by atoms with E-state index in [4.69, 9.17) is 0 Å². The van der Waals surface area contributed by atoms with Crippen molar-refractivity contribution in [3.8, 4) is 5.69 Å². The number of hydrogen-bond acceptors (Lipinski definition) is 2. The van der Waals surface area contributed by atoms with Crippen molar-refractivity contribution in [2.24, 2.45) is 11.8 Å². The first-order valence-electron chi connectivity index (χ1n) is 7.07. The van der Waals surface area contributed by atoms with Crippen molar-refractivity contribution in [2.45, 2.75) is 26.3 Å². The molecule has 2 aromatic rings. The molecule has 1 aromatic heterocycles. The van der Waals surface area contributed by atoms with Crippen molar-refractivity contribution in [2.75, 3.05) is 6.54 Å². The zero-order valence-corrected chi connectivity index (χ0v) is 11.6. The second-order valence-corrected chi connectivity index (χ2v) is 5.66. The van der Waals surface area contributed by atoms with Gasteiger partial charge in [0.2, 0.25) is 0 Å². The van der Waals surface area contributed by atoms with Gasteiger partial charge in [-0.25, -0.2) is 4.68 Å². The second kappa shape index (κ2) is 5.17. The summed E-state index contributed by atoms with van der Waals surface area (Å²) in [6, 6.07) is 10.6. The second-order valence-electron chi connectivity index (χ2n) is 5.66. The lowest BCUT2D eigenvalue weighted by molar-refractivity contribution is 0.535. The summed E-state index contributed by atoms with van der Waals surface area (Å²) >= 11 is 0. The Hall–Kier alpha value is -1.61. The molecule has 1 saturated carbocycles. The molecule has 3 rings (SSSR count). The summed E-state index contributed by atoms with van der Waals surface area (Å²) < 4.78 is 1.94. The third kappa shape index (κ3) is 2.87. The van der Waals surface area contributed by atoms with Crippen molar-refractivity contribution in [1.29, 1.82) is 0 Å². The average Bonchev–Trinajstić information content (AvgIpc) is 2.94. The number of rotatable bonds is 5. The van der Waals surface area contributed by atoms with Crippen LogP contribution in [0.3, 0.4) is 0 Å². The van der Waals surface area contributed by atoms with Gasteiger partial charge in [0, 0.05) is 17.8 Å². The predicted molar refractivity (Wildman–Crippen MR) is 77.3 cm³/mol. The molecule has 0 aliphatic heterocycles. The molecule has 1 heterocycles. The summed E-state index contributed by atoms with van der Waals surface area (Å²) in [5.74, 6) is 1.79. The van der Waals surface area contributed by atoms with E-state index in [0.717, 1.165) is 24.1 Å². The van der Waals surface area contributed by atoms with Crippen molar-refractivity contribution in [3.05, 3.63) is 48.3 Å². The fraction of sp³-hybridized carbons (Fsp3) is 0.438. The summed E-state index contributed by atoms with van der Waals surface area (Å²) in [6.07, 6.45) is 5.45. The number of hydrogen-bond donors (Lipinski definition) is 1. The zero-order chi connectivity index (χ0) is 13.2. The Morgan fingerprint density at radius 1 is 1.37 bits per heavy atom. The van der Waals surface area contributed by atoms with Gasteiger partial charge in [-0.15, -0.1) is 0 Å². The largest absolute Gasteiger partial charge is 0.310 e. The molecule has 0 amide bonds. The Morgan fingerprint density at radius 2 is 2.11 bits per heavy atom. The Labute approximate surface area is 114 Å². The molecule has 3 unspecified atom stereocenters. The van der Waals surface area contributed by atoms with Crippen LogP contribution in [0.15, 0.2) is 42.7 Å². The Balaban J connectivity index is 1.64.